The molecule has 3 heterocycles. The van der Waals surface area contributed by atoms with E-state index in [9.17, 15) is 9.59 Å². The van der Waals surface area contributed by atoms with Crippen LogP contribution >= 0.6 is 0 Å². The van der Waals surface area contributed by atoms with E-state index in [1.54, 1.807) is 24.5 Å². The summed E-state index contributed by atoms with van der Waals surface area (Å²) >= 11 is 0. The van der Waals surface area contributed by atoms with E-state index in [2.05, 4.69) is 17.1 Å². The number of aryl methyl sites for hydroxylation is 1. The molecule has 2 aromatic rings. The lowest BCUT2D eigenvalue weighted by molar-refractivity contribution is -0.142. The Hall–Kier alpha value is -2.69. The van der Waals surface area contributed by atoms with E-state index >= 15 is 0 Å². The van der Waals surface area contributed by atoms with Crippen LogP contribution < -0.4 is 0 Å². The molecule has 2 aliphatic heterocycles. The summed E-state index contributed by atoms with van der Waals surface area (Å²) in [4.78, 5) is 32.8. The summed E-state index contributed by atoms with van der Waals surface area (Å²) in [7, 11) is 0. The van der Waals surface area contributed by atoms with E-state index < -0.39 is 0 Å². The third-order valence-corrected chi connectivity index (χ3v) is 5.53. The number of carbonyl (C=O) groups excluding carboxylic acids is 2. The first-order chi connectivity index (χ1) is 12.7. The maximum atomic E-state index is 12.6. The molecule has 26 heavy (non-hydrogen) atoms. The zero-order chi connectivity index (χ0) is 18.0. The topological polar surface area (TPSA) is 53.5 Å². The Bertz CT molecular complexity index is 785. The van der Waals surface area contributed by atoms with Crippen LogP contribution in [0, 0.1) is 5.41 Å². The van der Waals surface area contributed by atoms with Gasteiger partial charge in [0.15, 0.2) is 0 Å². The number of likely N-dealkylation sites (tertiary alicyclic amines) is 2. The Morgan fingerprint density at radius 1 is 0.962 bits per heavy atom. The van der Waals surface area contributed by atoms with Gasteiger partial charge < -0.3 is 9.80 Å². The molecule has 0 radical (unpaired) electrons. The largest absolute Gasteiger partial charge is 0.341 e. The Labute approximate surface area is 153 Å². The molecular weight excluding hydrogens is 326 g/mol. The number of carbonyl (C=O) groups is 2. The van der Waals surface area contributed by atoms with Gasteiger partial charge >= 0.3 is 0 Å². The molecule has 2 aliphatic rings. The minimum Gasteiger partial charge on any atom is -0.341 e. The van der Waals surface area contributed by atoms with E-state index in [4.69, 9.17) is 0 Å². The number of nitrogens with zero attached hydrogens (tertiary/aromatic N) is 3. The Balaban J connectivity index is 1.28. The van der Waals surface area contributed by atoms with Gasteiger partial charge in [-0.3, -0.25) is 14.6 Å². The van der Waals surface area contributed by atoms with E-state index in [0.29, 0.717) is 12.0 Å². The molecule has 0 bridgehead atoms. The quantitative estimate of drug-likeness (QED) is 0.852. The van der Waals surface area contributed by atoms with Crippen LogP contribution in [0.5, 0.6) is 0 Å². The molecule has 1 aromatic heterocycles. The standard InChI is InChI=1S/C21H23N3O2/c25-19(7-6-17-4-2-1-3-5-17)24-15-21(16-24)10-13-23(14-21)20(26)18-8-11-22-12-9-18/h1-5,8-9,11-12H,6-7,10,13-16H2. The fraction of sp³-hybridized carbons (Fsp3) is 0.381. The van der Waals surface area contributed by atoms with Crippen LogP contribution in [0.3, 0.4) is 0 Å². The van der Waals surface area contributed by atoms with Crippen molar-refractivity contribution in [1.82, 2.24) is 14.8 Å². The van der Waals surface area contributed by atoms with E-state index in [1.165, 1.54) is 5.56 Å². The lowest BCUT2D eigenvalue weighted by Crippen LogP contribution is -2.59. The number of amides is 2. The summed E-state index contributed by atoms with van der Waals surface area (Å²) in [5, 5.41) is 0. The summed E-state index contributed by atoms with van der Waals surface area (Å²) in [5.74, 6) is 0.288. The van der Waals surface area contributed by atoms with E-state index in [0.717, 1.165) is 39.0 Å². The molecule has 1 aromatic carbocycles. The van der Waals surface area contributed by atoms with Crippen molar-refractivity contribution < 1.29 is 9.59 Å². The molecule has 0 N–H and O–H groups in total. The monoisotopic (exact) mass is 349 g/mol. The van der Waals surface area contributed by atoms with Crippen LogP contribution in [-0.2, 0) is 11.2 Å². The molecule has 5 nitrogen and oxygen atoms in total. The van der Waals surface area contributed by atoms with Crippen molar-refractivity contribution in [2.75, 3.05) is 26.2 Å². The van der Waals surface area contributed by atoms with Gasteiger partial charge in [0.2, 0.25) is 5.91 Å². The van der Waals surface area contributed by atoms with E-state index in [-0.39, 0.29) is 17.2 Å². The second kappa shape index (κ2) is 6.90. The third-order valence-electron chi connectivity index (χ3n) is 5.53. The van der Waals surface area contributed by atoms with Gasteiger partial charge in [0.25, 0.3) is 5.91 Å². The average Bonchev–Trinajstić information content (AvgIpc) is 3.12. The van der Waals surface area contributed by atoms with Crippen LogP contribution in [0.4, 0.5) is 0 Å². The Morgan fingerprint density at radius 2 is 1.65 bits per heavy atom. The average molecular weight is 349 g/mol. The zero-order valence-corrected chi connectivity index (χ0v) is 14.8. The molecule has 0 aliphatic carbocycles. The van der Waals surface area contributed by atoms with Crippen LogP contribution in [0.2, 0.25) is 0 Å². The second-order valence-electron chi connectivity index (χ2n) is 7.45. The maximum Gasteiger partial charge on any atom is 0.253 e. The molecule has 2 fully saturated rings. The molecule has 0 atom stereocenters. The van der Waals surface area contributed by atoms with Crippen molar-refractivity contribution in [3.05, 3.63) is 66.0 Å². The van der Waals surface area contributed by atoms with Gasteiger partial charge in [0, 0.05) is 56.0 Å². The summed E-state index contributed by atoms with van der Waals surface area (Å²) in [6.45, 7) is 3.07. The first-order valence-corrected chi connectivity index (χ1v) is 9.16. The molecule has 5 heteroatoms. The van der Waals surface area contributed by atoms with Crippen LogP contribution in [0.1, 0.15) is 28.8 Å². The van der Waals surface area contributed by atoms with Gasteiger partial charge in [-0.2, -0.15) is 0 Å². The highest BCUT2D eigenvalue weighted by Crippen LogP contribution is 2.40. The van der Waals surface area contributed by atoms with Gasteiger partial charge in [0.05, 0.1) is 0 Å². The fourth-order valence-corrected chi connectivity index (χ4v) is 4.04. The number of hydrogen-bond acceptors (Lipinski definition) is 3. The summed E-state index contributed by atoms with van der Waals surface area (Å²) in [6.07, 6.45) is 5.62. The molecule has 0 saturated carbocycles. The van der Waals surface area contributed by atoms with E-state index in [1.807, 2.05) is 28.0 Å². The minimum atomic E-state index is 0.0677. The second-order valence-corrected chi connectivity index (χ2v) is 7.45. The van der Waals surface area contributed by atoms with Gasteiger partial charge in [-0.25, -0.2) is 0 Å². The maximum absolute atomic E-state index is 12.6. The highest BCUT2D eigenvalue weighted by Gasteiger charge is 2.49. The zero-order valence-electron chi connectivity index (χ0n) is 14.8. The number of aromatic nitrogens is 1. The van der Waals surface area contributed by atoms with Gasteiger partial charge in [-0.05, 0) is 30.5 Å². The van der Waals surface area contributed by atoms with Crippen molar-refractivity contribution in [2.24, 2.45) is 5.41 Å². The van der Waals surface area contributed by atoms with Crippen molar-refractivity contribution in [3.63, 3.8) is 0 Å². The van der Waals surface area contributed by atoms with Crippen LogP contribution in [-0.4, -0.2) is 52.8 Å². The molecule has 0 unspecified atom stereocenters. The third kappa shape index (κ3) is 3.34. The SMILES string of the molecule is O=C(CCc1ccccc1)N1CC2(CCN(C(=O)c3ccncc3)C2)C1. The lowest BCUT2D eigenvalue weighted by atomic mass is 9.79. The summed E-state index contributed by atoms with van der Waals surface area (Å²) in [6, 6.07) is 13.6. The number of pyridine rings is 1. The number of benzene rings is 1. The van der Waals surface area contributed by atoms with Crippen LogP contribution in [0.25, 0.3) is 0 Å². The van der Waals surface area contributed by atoms with Gasteiger partial charge in [-0.15, -0.1) is 0 Å². The van der Waals surface area contributed by atoms with Gasteiger partial charge in [0.1, 0.15) is 0 Å². The number of hydrogen-bond donors (Lipinski definition) is 0. The first kappa shape index (κ1) is 16.8. The van der Waals surface area contributed by atoms with Crippen molar-refractivity contribution in [1.29, 1.82) is 0 Å². The van der Waals surface area contributed by atoms with Crippen molar-refractivity contribution in [2.45, 2.75) is 19.3 Å². The molecule has 4 rings (SSSR count). The normalized spacial score (nSPS) is 18.0. The highest BCUT2D eigenvalue weighted by molar-refractivity contribution is 5.94. The predicted molar refractivity (Wildman–Crippen MR) is 98.5 cm³/mol. The molecule has 2 amide bonds. The smallest absolute Gasteiger partial charge is 0.253 e. The Morgan fingerprint density at radius 3 is 2.38 bits per heavy atom. The highest BCUT2D eigenvalue weighted by atomic mass is 16.2. The summed E-state index contributed by atoms with van der Waals surface area (Å²) < 4.78 is 0. The van der Waals surface area contributed by atoms with Gasteiger partial charge in [-0.1, -0.05) is 30.3 Å². The fourth-order valence-electron chi connectivity index (χ4n) is 4.04. The van der Waals surface area contributed by atoms with Crippen LogP contribution in [0.15, 0.2) is 54.9 Å². The molecule has 1 spiro atoms. The van der Waals surface area contributed by atoms with Crippen molar-refractivity contribution in [3.8, 4) is 0 Å². The molecule has 2 saturated heterocycles. The first-order valence-electron chi connectivity index (χ1n) is 9.16. The molecule has 134 valence electrons. The minimum absolute atomic E-state index is 0.0677. The van der Waals surface area contributed by atoms with Crippen molar-refractivity contribution >= 4 is 11.8 Å². The molecular formula is C21H23N3O2. The number of rotatable bonds is 4. The predicted octanol–water partition coefficient (Wildman–Crippen LogP) is 2.39. The lowest BCUT2D eigenvalue weighted by Gasteiger charge is -2.48. The Kier molecular flexibility index (Phi) is 4.45. The summed E-state index contributed by atoms with van der Waals surface area (Å²) in [5.41, 5.74) is 1.99.